The minimum absolute atomic E-state index is 0.0157. The Morgan fingerprint density at radius 3 is 2.66 bits per heavy atom. The van der Waals surface area contributed by atoms with Crippen LogP contribution in [-0.4, -0.2) is 48.6 Å². The molecule has 3 aromatic heterocycles. The molecule has 1 fully saturated rings. The largest absolute Gasteiger partial charge is 0.338 e. The predicted molar refractivity (Wildman–Crippen MR) is 127 cm³/mol. The number of amides is 1. The van der Waals surface area contributed by atoms with Crippen LogP contribution < -0.4 is 5.32 Å². The number of piperidine rings is 1. The summed E-state index contributed by atoms with van der Waals surface area (Å²) in [7, 11) is 1.91. The molecule has 3 aromatic rings. The molecule has 1 atom stereocenters. The number of hydrogen-bond donors (Lipinski definition) is 1. The third-order valence-electron chi connectivity index (χ3n) is 6.06. The molecule has 32 heavy (non-hydrogen) atoms. The van der Waals surface area contributed by atoms with E-state index in [2.05, 4.69) is 32.3 Å². The number of aryl methyl sites for hydroxylation is 4. The fourth-order valence-corrected chi connectivity index (χ4v) is 4.88. The third kappa shape index (κ3) is 4.57. The van der Waals surface area contributed by atoms with E-state index in [0.717, 1.165) is 58.7 Å². The molecule has 1 amide bonds. The predicted octanol–water partition coefficient (Wildman–Crippen LogP) is 4.06. The first-order chi connectivity index (χ1) is 15.3. The molecule has 0 radical (unpaired) electrons. The highest BCUT2D eigenvalue weighted by Crippen LogP contribution is 2.32. The Kier molecular flexibility index (Phi) is 6.36. The number of thiazole rings is 1. The van der Waals surface area contributed by atoms with Crippen molar-refractivity contribution in [2.24, 2.45) is 7.05 Å². The average molecular weight is 452 g/mol. The Balaban J connectivity index is 1.49. The van der Waals surface area contributed by atoms with Gasteiger partial charge in [-0.15, -0.1) is 11.3 Å². The Morgan fingerprint density at radius 1 is 1.19 bits per heavy atom. The van der Waals surface area contributed by atoms with Gasteiger partial charge in [0.05, 0.1) is 17.1 Å². The summed E-state index contributed by atoms with van der Waals surface area (Å²) < 4.78 is 1.84. The number of nitrogens with zero attached hydrogens (tertiary/aromatic N) is 6. The number of hydrogen-bond acceptors (Lipinski definition) is 7. The lowest BCUT2D eigenvalue weighted by Gasteiger charge is -2.32. The van der Waals surface area contributed by atoms with Crippen LogP contribution in [0, 0.1) is 27.7 Å². The van der Waals surface area contributed by atoms with Crippen LogP contribution in [0.5, 0.6) is 0 Å². The van der Waals surface area contributed by atoms with E-state index >= 15 is 0 Å². The van der Waals surface area contributed by atoms with Gasteiger partial charge < -0.3 is 10.2 Å². The van der Waals surface area contributed by atoms with E-state index in [1.165, 1.54) is 4.88 Å². The second-order valence-corrected chi connectivity index (χ2v) is 9.44. The molecule has 1 aliphatic heterocycles. The number of rotatable bonds is 5. The molecular formula is C23H29N7OS. The number of likely N-dealkylation sites (tertiary alicyclic amines) is 1. The van der Waals surface area contributed by atoms with Gasteiger partial charge in [0, 0.05) is 60.7 Å². The normalized spacial score (nSPS) is 16.7. The Hall–Kier alpha value is -3.07. The number of carbonyl (C=O) groups is 1. The molecule has 4 heterocycles. The zero-order valence-corrected chi connectivity index (χ0v) is 20.0. The summed E-state index contributed by atoms with van der Waals surface area (Å²) >= 11 is 1.61. The van der Waals surface area contributed by atoms with Crippen LogP contribution in [0.2, 0.25) is 0 Å². The molecule has 4 rings (SSSR count). The van der Waals surface area contributed by atoms with Crippen LogP contribution >= 0.6 is 11.3 Å². The van der Waals surface area contributed by atoms with Crippen LogP contribution in [0.15, 0.2) is 18.5 Å². The Morgan fingerprint density at radius 2 is 1.97 bits per heavy atom. The van der Waals surface area contributed by atoms with Crippen LogP contribution in [0.1, 0.15) is 52.0 Å². The highest BCUT2D eigenvalue weighted by Gasteiger charge is 2.27. The van der Waals surface area contributed by atoms with E-state index in [0.29, 0.717) is 6.54 Å². The number of anilines is 2. The van der Waals surface area contributed by atoms with Gasteiger partial charge in [-0.25, -0.2) is 9.97 Å². The first-order valence-electron chi connectivity index (χ1n) is 10.8. The maximum absolute atomic E-state index is 12.9. The summed E-state index contributed by atoms with van der Waals surface area (Å²) in [6, 6.07) is 0. The van der Waals surface area contributed by atoms with Gasteiger partial charge in [-0.1, -0.05) is 0 Å². The van der Waals surface area contributed by atoms with Crippen molar-refractivity contribution in [2.45, 2.75) is 46.5 Å². The number of nitrogens with one attached hydrogen (secondary N) is 1. The maximum atomic E-state index is 12.9. The van der Waals surface area contributed by atoms with Crippen molar-refractivity contribution in [2.75, 3.05) is 18.4 Å². The molecule has 0 saturated carbocycles. The molecule has 1 aliphatic rings. The van der Waals surface area contributed by atoms with E-state index < -0.39 is 0 Å². The van der Waals surface area contributed by atoms with Crippen molar-refractivity contribution in [1.29, 1.82) is 0 Å². The molecule has 168 valence electrons. The van der Waals surface area contributed by atoms with Crippen molar-refractivity contribution >= 4 is 34.3 Å². The lowest BCUT2D eigenvalue weighted by molar-refractivity contribution is -0.127. The molecular weight excluding hydrogens is 422 g/mol. The zero-order valence-electron chi connectivity index (χ0n) is 19.2. The zero-order chi connectivity index (χ0) is 22.8. The maximum Gasteiger partial charge on any atom is 0.246 e. The summed E-state index contributed by atoms with van der Waals surface area (Å²) in [5.41, 5.74) is 4.88. The topological polar surface area (TPSA) is 88.8 Å². The monoisotopic (exact) mass is 451 g/mol. The molecule has 1 N–H and O–H groups in total. The summed E-state index contributed by atoms with van der Waals surface area (Å²) in [5.74, 6) is 0.862. The minimum atomic E-state index is 0.0157. The Bertz CT molecular complexity index is 1140. The fourth-order valence-electron chi connectivity index (χ4n) is 4.06. The average Bonchev–Trinajstić information content (AvgIpc) is 3.22. The van der Waals surface area contributed by atoms with E-state index in [1.54, 1.807) is 29.8 Å². The van der Waals surface area contributed by atoms with E-state index in [1.807, 2.05) is 43.5 Å². The van der Waals surface area contributed by atoms with Gasteiger partial charge in [0.25, 0.3) is 0 Å². The van der Waals surface area contributed by atoms with Crippen LogP contribution in [0.4, 0.5) is 10.9 Å². The summed E-state index contributed by atoms with van der Waals surface area (Å²) in [6.07, 6.45) is 8.85. The van der Waals surface area contributed by atoms with Gasteiger partial charge in [0.2, 0.25) is 5.91 Å². The first kappa shape index (κ1) is 22.1. The molecule has 8 nitrogen and oxygen atoms in total. The van der Waals surface area contributed by atoms with Gasteiger partial charge in [-0.2, -0.15) is 5.10 Å². The first-order valence-corrected chi connectivity index (χ1v) is 11.6. The van der Waals surface area contributed by atoms with E-state index in [-0.39, 0.29) is 11.8 Å². The van der Waals surface area contributed by atoms with E-state index in [4.69, 9.17) is 0 Å². The number of aromatic nitrogens is 5. The summed E-state index contributed by atoms with van der Waals surface area (Å²) in [6.45, 7) is 9.40. The second-order valence-electron chi connectivity index (χ2n) is 8.24. The van der Waals surface area contributed by atoms with Crippen molar-refractivity contribution in [3.63, 3.8) is 0 Å². The lowest BCUT2D eigenvalue weighted by atomic mass is 9.94. The van der Waals surface area contributed by atoms with Crippen molar-refractivity contribution in [3.05, 3.63) is 51.7 Å². The SMILES string of the molecule is Cc1nc(Nc2nccnc2[C@@H]2CCCN(C(=O)/C=C/c3c(C)nn(C)c3C)C2)sc1C. The lowest BCUT2D eigenvalue weighted by Crippen LogP contribution is -2.38. The molecule has 1 saturated heterocycles. The van der Waals surface area contributed by atoms with Crippen LogP contribution in [-0.2, 0) is 11.8 Å². The highest BCUT2D eigenvalue weighted by atomic mass is 32.1. The van der Waals surface area contributed by atoms with Gasteiger partial charge >= 0.3 is 0 Å². The van der Waals surface area contributed by atoms with Crippen LogP contribution in [0.25, 0.3) is 6.08 Å². The van der Waals surface area contributed by atoms with Gasteiger partial charge in [-0.3, -0.25) is 14.5 Å². The molecule has 9 heteroatoms. The molecule has 0 aliphatic carbocycles. The van der Waals surface area contributed by atoms with E-state index in [9.17, 15) is 4.79 Å². The second kappa shape index (κ2) is 9.20. The molecule has 0 spiro atoms. The molecule has 0 unspecified atom stereocenters. The van der Waals surface area contributed by atoms with Crippen molar-refractivity contribution < 1.29 is 4.79 Å². The summed E-state index contributed by atoms with van der Waals surface area (Å²) in [4.78, 5) is 29.7. The fraction of sp³-hybridized carbons (Fsp3) is 0.435. The van der Waals surface area contributed by atoms with Crippen LogP contribution in [0.3, 0.4) is 0 Å². The standard InChI is InChI=1S/C23H29N7OS/c1-14-17(4)32-23(26-14)27-22-21(24-10-11-25-22)18-7-6-12-30(13-18)20(31)9-8-19-15(2)28-29(5)16(19)3/h8-11,18H,6-7,12-13H2,1-5H3,(H,25,26,27)/b9-8+/t18-/m1/s1. The molecule has 0 aromatic carbocycles. The highest BCUT2D eigenvalue weighted by molar-refractivity contribution is 7.15. The van der Waals surface area contributed by atoms with Crippen molar-refractivity contribution in [1.82, 2.24) is 29.6 Å². The van der Waals surface area contributed by atoms with Gasteiger partial charge in [0.15, 0.2) is 10.9 Å². The third-order valence-corrected chi connectivity index (χ3v) is 7.05. The number of carbonyl (C=O) groups excluding carboxylic acids is 1. The molecule has 0 bridgehead atoms. The van der Waals surface area contributed by atoms with Gasteiger partial charge in [-0.05, 0) is 46.6 Å². The van der Waals surface area contributed by atoms with Crippen molar-refractivity contribution in [3.8, 4) is 0 Å². The Labute approximate surface area is 192 Å². The van der Waals surface area contributed by atoms with Gasteiger partial charge in [0.1, 0.15) is 0 Å². The quantitative estimate of drug-likeness (QED) is 0.589. The minimum Gasteiger partial charge on any atom is -0.338 e. The summed E-state index contributed by atoms with van der Waals surface area (Å²) in [5, 5.41) is 8.58. The smallest absolute Gasteiger partial charge is 0.246 e.